The molecule has 0 radical (unpaired) electrons. The molecule has 0 amide bonds. The molecule has 0 aliphatic carbocycles. The van der Waals surface area contributed by atoms with Gasteiger partial charge in [-0.25, -0.2) is 9.67 Å². The van der Waals surface area contributed by atoms with E-state index in [-0.39, 0.29) is 6.10 Å². The molecule has 0 saturated carbocycles. The molecular formula is C13H23N3O2. The van der Waals surface area contributed by atoms with E-state index in [0.29, 0.717) is 12.3 Å². The first kappa shape index (κ1) is 13.5. The van der Waals surface area contributed by atoms with Crippen molar-refractivity contribution in [1.29, 1.82) is 0 Å². The number of hydrogen-bond acceptors (Lipinski definition) is 4. The fourth-order valence-corrected chi connectivity index (χ4v) is 2.33. The van der Waals surface area contributed by atoms with Crippen molar-refractivity contribution in [2.75, 3.05) is 6.61 Å². The zero-order valence-corrected chi connectivity index (χ0v) is 11.2. The minimum absolute atomic E-state index is 0.0389. The normalized spacial score (nSPS) is 22.3. The summed E-state index contributed by atoms with van der Waals surface area (Å²) in [5.74, 6) is 1.37. The highest BCUT2D eigenvalue weighted by Crippen LogP contribution is 2.18. The standard InChI is InChI=1S/C13H23N3O2/c1-10(2)8-16-13(14-9-15-16)7-11(17)12-5-3-4-6-18-12/h9-12,17H,3-8H2,1-2H3. The molecule has 1 N–H and O–H groups in total. The fourth-order valence-electron chi connectivity index (χ4n) is 2.33. The Morgan fingerprint density at radius 3 is 3.00 bits per heavy atom. The van der Waals surface area contributed by atoms with Crippen LogP contribution in [0.2, 0.25) is 0 Å². The highest BCUT2D eigenvalue weighted by Gasteiger charge is 2.24. The number of aliphatic hydroxyl groups is 1. The van der Waals surface area contributed by atoms with Gasteiger partial charge in [0.05, 0.1) is 12.2 Å². The van der Waals surface area contributed by atoms with E-state index in [2.05, 4.69) is 23.9 Å². The van der Waals surface area contributed by atoms with Crippen LogP contribution < -0.4 is 0 Å². The van der Waals surface area contributed by atoms with Gasteiger partial charge in [-0.1, -0.05) is 13.8 Å². The van der Waals surface area contributed by atoms with Crippen LogP contribution in [0.1, 0.15) is 38.9 Å². The van der Waals surface area contributed by atoms with Crippen LogP contribution in [-0.2, 0) is 17.7 Å². The molecule has 18 heavy (non-hydrogen) atoms. The summed E-state index contributed by atoms with van der Waals surface area (Å²) in [6, 6.07) is 0. The molecule has 1 aliphatic heterocycles. The lowest BCUT2D eigenvalue weighted by Crippen LogP contribution is -2.34. The summed E-state index contributed by atoms with van der Waals surface area (Å²) in [5.41, 5.74) is 0. The van der Waals surface area contributed by atoms with E-state index < -0.39 is 6.10 Å². The average Bonchev–Trinajstić information content (AvgIpc) is 2.77. The lowest BCUT2D eigenvalue weighted by molar-refractivity contribution is -0.0620. The molecule has 0 aromatic carbocycles. The van der Waals surface area contributed by atoms with Crippen LogP contribution in [0.4, 0.5) is 0 Å². The quantitative estimate of drug-likeness (QED) is 0.862. The maximum absolute atomic E-state index is 10.2. The Morgan fingerprint density at radius 2 is 2.33 bits per heavy atom. The first-order valence-electron chi connectivity index (χ1n) is 6.83. The molecule has 1 aromatic heterocycles. The third kappa shape index (κ3) is 3.53. The molecule has 1 saturated heterocycles. The topological polar surface area (TPSA) is 60.2 Å². The van der Waals surface area contributed by atoms with Crippen LogP contribution in [0.3, 0.4) is 0 Å². The molecule has 5 nitrogen and oxygen atoms in total. The molecule has 0 spiro atoms. The molecule has 1 aromatic rings. The Hall–Kier alpha value is -0.940. The predicted molar refractivity (Wildman–Crippen MR) is 68.2 cm³/mol. The molecule has 1 aliphatic rings. The van der Waals surface area contributed by atoms with Crippen molar-refractivity contribution in [3.63, 3.8) is 0 Å². The molecular weight excluding hydrogens is 230 g/mol. The molecule has 102 valence electrons. The van der Waals surface area contributed by atoms with E-state index in [9.17, 15) is 5.11 Å². The Labute approximate surface area is 108 Å². The smallest absolute Gasteiger partial charge is 0.138 e. The van der Waals surface area contributed by atoms with Crippen LogP contribution in [0.25, 0.3) is 0 Å². The van der Waals surface area contributed by atoms with E-state index in [1.807, 2.05) is 4.68 Å². The van der Waals surface area contributed by atoms with Gasteiger partial charge in [0.25, 0.3) is 0 Å². The molecule has 2 rings (SSSR count). The maximum atomic E-state index is 10.2. The second kappa shape index (κ2) is 6.29. The highest BCUT2D eigenvalue weighted by atomic mass is 16.5. The Morgan fingerprint density at radius 1 is 1.50 bits per heavy atom. The number of rotatable bonds is 5. The summed E-state index contributed by atoms with van der Waals surface area (Å²) in [4.78, 5) is 4.24. The summed E-state index contributed by atoms with van der Waals surface area (Å²) >= 11 is 0. The van der Waals surface area contributed by atoms with Crippen LogP contribution >= 0.6 is 0 Å². The van der Waals surface area contributed by atoms with E-state index in [1.165, 1.54) is 0 Å². The number of aliphatic hydroxyl groups excluding tert-OH is 1. The molecule has 5 heteroatoms. The number of hydrogen-bond donors (Lipinski definition) is 1. The molecule has 0 bridgehead atoms. The third-order valence-corrected chi connectivity index (χ3v) is 3.27. The Kier molecular flexibility index (Phi) is 4.72. The maximum Gasteiger partial charge on any atom is 0.138 e. The van der Waals surface area contributed by atoms with Gasteiger partial charge in [0, 0.05) is 19.6 Å². The largest absolute Gasteiger partial charge is 0.390 e. The van der Waals surface area contributed by atoms with E-state index in [4.69, 9.17) is 4.74 Å². The van der Waals surface area contributed by atoms with Gasteiger partial charge in [-0.3, -0.25) is 0 Å². The van der Waals surface area contributed by atoms with Crippen LogP contribution in [0, 0.1) is 5.92 Å². The van der Waals surface area contributed by atoms with Gasteiger partial charge in [-0.15, -0.1) is 0 Å². The Bertz CT molecular complexity index is 359. The van der Waals surface area contributed by atoms with E-state index in [1.54, 1.807) is 6.33 Å². The van der Waals surface area contributed by atoms with Crippen molar-refractivity contribution in [1.82, 2.24) is 14.8 Å². The van der Waals surface area contributed by atoms with Crippen molar-refractivity contribution in [2.24, 2.45) is 5.92 Å². The summed E-state index contributed by atoms with van der Waals surface area (Å²) in [6.45, 7) is 5.90. The molecule has 2 heterocycles. The summed E-state index contributed by atoms with van der Waals surface area (Å²) in [5, 5.41) is 14.4. The van der Waals surface area contributed by atoms with Crippen LogP contribution in [-0.4, -0.2) is 38.7 Å². The molecule has 2 unspecified atom stereocenters. The minimum Gasteiger partial charge on any atom is -0.390 e. The zero-order valence-electron chi connectivity index (χ0n) is 11.2. The van der Waals surface area contributed by atoms with E-state index >= 15 is 0 Å². The van der Waals surface area contributed by atoms with E-state index in [0.717, 1.165) is 38.2 Å². The van der Waals surface area contributed by atoms with Crippen LogP contribution in [0.15, 0.2) is 6.33 Å². The van der Waals surface area contributed by atoms with Gasteiger partial charge in [0.2, 0.25) is 0 Å². The molecule has 1 fully saturated rings. The third-order valence-electron chi connectivity index (χ3n) is 3.27. The first-order valence-corrected chi connectivity index (χ1v) is 6.83. The lowest BCUT2D eigenvalue weighted by atomic mass is 10.0. The second-order valence-electron chi connectivity index (χ2n) is 5.43. The average molecular weight is 253 g/mol. The van der Waals surface area contributed by atoms with Gasteiger partial charge >= 0.3 is 0 Å². The SMILES string of the molecule is CC(C)Cn1ncnc1CC(O)C1CCCCO1. The van der Waals surface area contributed by atoms with Crippen molar-refractivity contribution in [3.05, 3.63) is 12.2 Å². The summed E-state index contributed by atoms with van der Waals surface area (Å²) in [6.07, 6.45) is 4.76. The monoisotopic (exact) mass is 253 g/mol. The number of nitrogens with zero attached hydrogens (tertiary/aromatic N) is 3. The van der Waals surface area contributed by atoms with Crippen molar-refractivity contribution in [3.8, 4) is 0 Å². The predicted octanol–water partition coefficient (Wildman–Crippen LogP) is 1.41. The van der Waals surface area contributed by atoms with Gasteiger partial charge in [0.1, 0.15) is 12.2 Å². The Balaban J connectivity index is 1.93. The molecule has 2 atom stereocenters. The van der Waals surface area contributed by atoms with Gasteiger partial charge in [0.15, 0.2) is 0 Å². The zero-order chi connectivity index (χ0) is 13.0. The van der Waals surface area contributed by atoms with Crippen LogP contribution in [0.5, 0.6) is 0 Å². The van der Waals surface area contributed by atoms with Crippen molar-refractivity contribution in [2.45, 2.75) is 58.3 Å². The summed E-state index contributed by atoms with van der Waals surface area (Å²) < 4.78 is 7.49. The summed E-state index contributed by atoms with van der Waals surface area (Å²) in [7, 11) is 0. The first-order chi connectivity index (χ1) is 8.66. The van der Waals surface area contributed by atoms with Gasteiger partial charge in [-0.05, 0) is 25.2 Å². The lowest BCUT2D eigenvalue weighted by Gasteiger charge is -2.26. The number of ether oxygens (including phenoxy) is 1. The highest BCUT2D eigenvalue weighted by molar-refractivity contribution is 4.90. The van der Waals surface area contributed by atoms with Crippen molar-refractivity contribution < 1.29 is 9.84 Å². The second-order valence-corrected chi connectivity index (χ2v) is 5.43. The van der Waals surface area contributed by atoms with Crippen molar-refractivity contribution >= 4 is 0 Å². The van der Waals surface area contributed by atoms with Gasteiger partial charge < -0.3 is 9.84 Å². The number of aromatic nitrogens is 3. The minimum atomic E-state index is -0.472. The fraction of sp³-hybridized carbons (Fsp3) is 0.846. The van der Waals surface area contributed by atoms with Gasteiger partial charge in [-0.2, -0.15) is 5.10 Å².